The monoisotopic (exact) mass is 304 g/mol. The summed E-state index contributed by atoms with van der Waals surface area (Å²) < 4.78 is 0. The van der Waals surface area contributed by atoms with Crippen molar-refractivity contribution in [3.63, 3.8) is 0 Å². The normalized spacial score (nSPS) is 16.4. The number of nitro benzene ring substituents is 1. The lowest BCUT2D eigenvalue weighted by Gasteiger charge is -2.11. The fourth-order valence-electron chi connectivity index (χ4n) is 2.43. The van der Waals surface area contributed by atoms with Gasteiger partial charge in [0.15, 0.2) is 0 Å². The van der Waals surface area contributed by atoms with Crippen LogP contribution >= 0.6 is 11.6 Å². The Balaban J connectivity index is 2.17. The standard InChI is InChI=1S/C14H9ClN2O4/c15-7-1-4-12(18)10(5-7)13-9-6-8(17(20)21)2-3-11(9)16-14(13)19/h1-6,13,18H,(H,16,19)/t13-/m1/s1. The number of benzene rings is 2. The number of amides is 1. The van der Waals surface area contributed by atoms with Gasteiger partial charge in [-0.3, -0.25) is 14.9 Å². The first-order valence-corrected chi connectivity index (χ1v) is 6.43. The molecule has 1 aliphatic heterocycles. The summed E-state index contributed by atoms with van der Waals surface area (Å²) in [5.41, 5.74) is 1.15. The number of carbonyl (C=O) groups is 1. The lowest BCUT2D eigenvalue weighted by molar-refractivity contribution is -0.384. The van der Waals surface area contributed by atoms with E-state index in [-0.39, 0.29) is 17.3 Å². The minimum Gasteiger partial charge on any atom is -0.508 e. The van der Waals surface area contributed by atoms with E-state index in [4.69, 9.17) is 11.6 Å². The maximum Gasteiger partial charge on any atom is 0.269 e. The minimum atomic E-state index is -0.821. The lowest BCUT2D eigenvalue weighted by Crippen LogP contribution is -2.13. The molecule has 1 amide bonds. The molecule has 0 fully saturated rings. The van der Waals surface area contributed by atoms with Gasteiger partial charge in [0.05, 0.1) is 10.8 Å². The van der Waals surface area contributed by atoms with Crippen LogP contribution in [-0.4, -0.2) is 15.9 Å². The van der Waals surface area contributed by atoms with Crippen LogP contribution in [0.15, 0.2) is 36.4 Å². The summed E-state index contributed by atoms with van der Waals surface area (Å²) in [6, 6.07) is 8.50. The zero-order valence-corrected chi connectivity index (χ0v) is 11.3. The highest BCUT2D eigenvalue weighted by Crippen LogP contribution is 2.42. The Morgan fingerprint density at radius 3 is 2.67 bits per heavy atom. The molecule has 0 saturated heterocycles. The molecule has 2 aromatic carbocycles. The van der Waals surface area contributed by atoms with E-state index in [1.54, 1.807) is 0 Å². The third-order valence-corrected chi connectivity index (χ3v) is 3.61. The first-order chi connectivity index (χ1) is 9.97. The van der Waals surface area contributed by atoms with Crippen molar-refractivity contribution in [2.75, 3.05) is 5.32 Å². The molecule has 0 radical (unpaired) electrons. The fourth-order valence-corrected chi connectivity index (χ4v) is 2.61. The smallest absolute Gasteiger partial charge is 0.269 e. The molecule has 0 aliphatic carbocycles. The minimum absolute atomic E-state index is 0.0843. The Morgan fingerprint density at radius 2 is 1.95 bits per heavy atom. The number of phenols is 1. The number of halogens is 1. The average Bonchev–Trinajstić information content (AvgIpc) is 2.76. The van der Waals surface area contributed by atoms with Gasteiger partial charge >= 0.3 is 0 Å². The summed E-state index contributed by atoms with van der Waals surface area (Å²) in [4.78, 5) is 22.5. The molecular formula is C14H9ClN2O4. The molecule has 0 aromatic heterocycles. The quantitative estimate of drug-likeness (QED) is 0.659. The van der Waals surface area contributed by atoms with E-state index in [9.17, 15) is 20.0 Å². The van der Waals surface area contributed by atoms with Crippen LogP contribution in [-0.2, 0) is 4.79 Å². The zero-order chi connectivity index (χ0) is 15.1. The lowest BCUT2D eigenvalue weighted by atomic mass is 9.91. The molecule has 21 heavy (non-hydrogen) atoms. The van der Waals surface area contributed by atoms with Gasteiger partial charge in [0.2, 0.25) is 5.91 Å². The van der Waals surface area contributed by atoms with Gasteiger partial charge < -0.3 is 10.4 Å². The third kappa shape index (κ3) is 2.19. The Hall–Kier alpha value is -2.60. The number of carbonyl (C=O) groups excluding carboxylic acids is 1. The number of rotatable bonds is 2. The van der Waals surface area contributed by atoms with E-state index in [0.29, 0.717) is 21.8 Å². The second-order valence-corrected chi connectivity index (χ2v) is 5.09. The van der Waals surface area contributed by atoms with Gasteiger partial charge in [-0.25, -0.2) is 0 Å². The molecule has 0 spiro atoms. The van der Waals surface area contributed by atoms with Crippen molar-refractivity contribution in [1.29, 1.82) is 0 Å². The molecule has 0 unspecified atom stereocenters. The predicted octanol–water partition coefficient (Wildman–Crippen LogP) is 3.04. The average molecular weight is 305 g/mol. The van der Waals surface area contributed by atoms with Crippen molar-refractivity contribution >= 4 is 28.9 Å². The van der Waals surface area contributed by atoms with Crippen LogP contribution in [0.5, 0.6) is 5.75 Å². The molecule has 1 aliphatic rings. The molecule has 0 bridgehead atoms. The van der Waals surface area contributed by atoms with E-state index < -0.39 is 10.8 Å². The summed E-state index contributed by atoms with van der Waals surface area (Å²) in [5.74, 6) is -1.26. The zero-order valence-electron chi connectivity index (χ0n) is 10.5. The third-order valence-electron chi connectivity index (χ3n) is 3.38. The van der Waals surface area contributed by atoms with Gasteiger partial charge in [0.1, 0.15) is 5.75 Å². The Morgan fingerprint density at radius 1 is 1.19 bits per heavy atom. The van der Waals surface area contributed by atoms with Crippen LogP contribution in [0.25, 0.3) is 0 Å². The van der Waals surface area contributed by atoms with Gasteiger partial charge in [-0.05, 0) is 29.8 Å². The first kappa shape index (κ1) is 13.4. The van der Waals surface area contributed by atoms with E-state index >= 15 is 0 Å². The molecule has 1 heterocycles. The number of fused-ring (bicyclic) bond motifs is 1. The summed E-state index contributed by atoms with van der Waals surface area (Å²) in [5, 5.41) is 23.8. The van der Waals surface area contributed by atoms with Gasteiger partial charge in [-0.2, -0.15) is 0 Å². The van der Waals surface area contributed by atoms with Crippen molar-refractivity contribution < 1.29 is 14.8 Å². The summed E-state index contributed by atoms with van der Waals surface area (Å²) in [6.45, 7) is 0. The van der Waals surface area contributed by atoms with Gasteiger partial charge in [0, 0.05) is 28.4 Å². The highest BCUT2D eigenvalue weighted by Gasteiger charge is 2.35. The SMILES string of the molecule is O=C1Nc2ccc([N+](=O)[O-])cc2[C@@H]1c1cc(Cl)ccc1O. The molecule has 3 rings (SSSR count). The van der Waals surface area contributed by atoms with Crippen LogP contribution in [0, 0.1) is 10.1 Å². The fraction of sp³-hybridized carbons (Fsp3) is 0.0714. The number of hydrogen-bond acceptors (Lipinski definition) is 4. The largest absolute Gasteiger partial charge is 0.508 e. The van der Waals surface area contributed by atoms with Crippen molar-refractivity contribution in [3.05, 3.63) is 62.7 Å². The summed E-state index contributed by atoms with van der Waals surface area (Å²) in [6.07, 6.45) is 0. The number of anilines is 1. The molecule has 2 aromatic rings. The van der Waals surface area contributed by atoms with E-state index in [1.807, 2.05) is 0 Å². The number of nitrogens with zero attached hydrogens (tertiary/aromatic N) is 1. The van der Waals surface area contributed by atoms with Crippen LogP contribution < -0.4 is 5.32 Å². The maximum atomic E-state index is 12.1. The number of non-ortho nitro benzene ring substituents is 1. The van der Waals surface area contributed by atoms with E-state index in [1.165, 1.54) is 36.4 Å². The van der Waals surface area contributed by atoms with E-state index in [2.05, 4.69) is 5.32 Å². The number of aromatic hydroxyl groups is 1. The van der Waals surface area contributed by atoms with Gasteiger partial charge in [0.25, 0.3) is 5.69 Å². The molecule has 106 valence electrons. The predicted molar refractivity (Wildman–Crippen MR) is 76.7 cm³/mol. The van der Waals surface area contributed by atoms with Crippen LogP contribution in [0.3, 0.4) is 0 Å². The molecule has 6 nitrogen and oxygen atoms in total. The number of hydrogen-bond donors (Lipinski definition) is 2. The maximum absolute atomic E-state index is 12.1. The molecule has 2 N–H and O–H groups in total. The molecule has 7 heteroatoms. The number of nitro groups is 1. The van der Waals surface area contributed by atoms with Crippen molar-refractivity contribution in [2.45, 2.75) is 5.92 Å². The topological polar surface area (TPSA) is 92.5 Å². The van der Waals surface area contributed by atoms with Crippen molar-refractivity contribution in [1.82, 2.24) is 0 Å². The molecule has 0 saturated carbocycles. The van der Waals surface area contributed by atoms with Crippen LogP contribution in [0.4, 0.5) is 11.4 Å². The Bertz CT molecular complexity index is 776. The molecular weight excluding hydrogens is 296 g/mol. The Labute approximate surface area is 124 Å². The van der Waals surface area contributed by atoms with E-state index in [0.717, 1.165) is 0 Å². The summed E-state index contributed by atoms with van der Waals surface area (Å²) in [7, 11) is 0. The van der Waals surface area contributed by atoms with Crippen molar-refractivity contribution in [3.8, 4) is 5.75 Å². The number of phenolic OH excluding ortho intramolecular Hbond substituents is 1. The highest BCUT2D eigenvalue weighted by molar-refractivity contribution is 6.30. The van der Waals surface area contributed by atoms with Crippen molar-refractivity contribution in [2.24, 2.45) is 0 Å². The second kappa shape index (κ2) is 4.75. The first-order valence-electron chi connectivity index (χ1n) is 6.05. The van der Waals surface area contributed by atoms with Crippen LogP contribution in [0.1, 0.15) is 17.0 Å². The number of nitrogens with one attached hydrogen (secondary N) is 1. The van der Waals surface area contributed by atoms with Gasteiger partial charge in [-0.15, -0.1) is 0 Å². The molecule has 1 atom stereocenters. The summed E-state index contributed by atoms with van der Waals surface area (Å²) >= 11 is 5.90. The second-order valence-electron chi connectivity index (χ2n) is 4.65. The Kier molecular flexibility index (Phi) is 3.03. The highest BCUT2D eigenvalue weighted by atomic mass is 35.5. The van der Waals surface area contributed by atoms with Gasteiger partial charge in [-0.1, -0.05) is 11.6 Å². The van der Waals surface area contributed by atoms with Crippen LogP contribution in [0.2, 0.25) is 5.02 Å².